The third-order valence-electron chi connectivity index (χ3n) is 3.92. The van der Waals surface area contributed by atoms with Crippen LogP contribution in [0.15, 0.2) is 48.5 Å². The molecule has 2 aromatic carbocycles. The molecule has 0 amide bonds. The lowest BCUT2D eigenvalue weighted by molar-refractivity contribution is 0.264. The number of hydrogen-bond donors (Lipinski definition) is 1. The second-order valence-electron chi connectivity index (χ2n) is 5.49. The summed E-state index contributed by atoms with van der Waals surface area (Å²) in [6.07, 6.45) is 1.10. The van der Waals surface area contributed by atoms with Crippen LogP contribution in [0.2, 0.25) is 0 Å². The monoisotopic (exact) mass is 267 g/mol. The topological polar surface area (TPSA) is 21.3 Å². The van der Waals surface area contributed by atoms with Gasteiger partial charge in [-0.3, -0.25) is 0 Å². The van der Waals surface area contributed by atoms with Gasteiger partial charge in [-0.25, -0.2) is 0 Å². The Labute approximate surface area is 120 Å². The van der Waals surface area contributed by atoms with E-state index in [0.29, 0.717) is 5.92 Å². The number of benzene rings is 2. The fourth-order valence-electron chi connectivity index (χ4n) is 2.72. The first-order valence-corrected chi connectivity index (χ1v) is 7.31. The lowest BCUT2D eigenvalue weighted by Crippen LogP contribution is -2.25. The molecule has 1 heterocycles. The summed E-state index contributed by atoms with van der Waals surface area (Å²) in [4.78, 5) is 0. The van der Waals surface area contributed by atoms with Gasteiger partial charge in [0, 0.05) is 19.0 Å². The van der Waals surface area contributed by atoms with Crippen molar-refractivity contribution in [3.8, 4) is 5.75 Å². The average molecular weight is 267 g/mol. The lowest BCUT2D eigenvalue weighted by Gasteiger charge is -2.26. The van der Waals surface area contributed by atoms with Gasteiger partial charge < -0.3 is 10.1 Å². The van der Waals surface area contributed by atoms with E-state index in [-0.39, 0.29) is 0 Å². The van der Waals surface area contributed by atoms with Crippen LogP contribution < -0.4 is 10.1 Å². The van der Waals surface area contributed by atoms with Gasteiger partial charge in [-0.05, 0) is 30.5 Å². The highest BCUT2D eigenvalue weighted by Gasteiger charge is 2.20. The average Bonchev–Trinajstić information content (AvgIpc) is 2.49. The molecule has 1 unspecified atom stereocenters. The quantitative estimate of drug-likeness (QED) is 0.913. The van der Waals surface area contributed by atoms with E-state index in [9.17, 15) is 0 Å². The van der Waals surface area contributed by atoms with Gasteiger partial charge >= 0.3 is 0 Å². The smallest absolute Gasteiger partial charge is 0.122 e. The van der Waals surface area contributed by atoms with Crippen molar-refractivity contribution in [2.75, 3.05) is 13.2 Å². The minimum atomic E-state index is 0.561. The molecule has 0 bridgehead atoms. The highest BCUT2D eigenvalue weighted by molar-refractivity contribution is 5.38. The van der Waals surface area contributed by atoms with Crippen molar-refractivity contribution in [2.45, 2.75) is 25.8 Å². The minimum absolute atomic E-state index is 0.561. The normalized spacial score (nSPS) is 17.4. The largest absolute Gasteiger partial charge is 0.493 e. The molecule has 2 aromatic rings. The van der Waals surface area contributed by atoms with Gasteiger partial charge in [0.15, 0.2) is 0 Å². The second-order valence-corrected chi connectivity index (χ2v) is 5.49. The summed E-state index contributed by atoms with van der Waals surface area (Å²) in [6.45, 7) is 4.89. The van der Waals surface area contributed by atoms with E-state index < -0.39 is 0 Å². The van der Waals surface area contributed by atoms with Gasteiger partial charge in [0.1, 0.15) is 5.75 Å². The molecule has 0 spiro atoms. The fourth-order valence-corrected chi connectivity index (χ4v) is 2.72. The van der Waals surface area contributed by atoms with Gasteiger partial charge in [0.05, 0.1) is 6.61 Å². The van der Waals surface area contributed by atoms with Gasteiger partial charge in [0.25, 0.3) is 0 Å². The van der Waals surface area contributed by atoms with Crippen LogP contribution in [0.1, 0.15) is 29.0 Å². The molecule has 0 saturated heterocycles. The molecule has 20 heavy (non-hydrogen) atoms. The van der Waals surface area contributed by atoms with E-state index in [1.165, 1.54) is 16.7 Å². The molecule has 0 radical (unpaired) electrons. The summed E-state index contributed by atoms with van der Waals surface area (Å²) in [7, 11) is 0. The molecule has 1 aliphatic rings. The van der Waals surface area contributed by atoms with Crippen LogP contribution >= 0.6 is 0 Å². The van der Waals surface area contributed by atoms with Crippen molar-refractivity contribution in [2.24, 2.45) is 0 Å². The van der Waals surface area contributed by atoms with E-state index in [0.717, 1.165) is 31.9 Å². The van der Waals surface area contributed by atoms with Gasteiger partial charge in [-0.15, -0.1) is 0 Å². The zero-order valence-corrected chi connectivity index (χ0v) is 11.9. The minimum Gasteiger partial charge on any atom is -0.493 e. The summed E-state index contributed by atoms with van der Waals surface area (Å²) >= 11 is 0. The van der Waals surface area contributed by atoms with Crippen LogP contribution in [-0.4, -0.2) is 13.2 Å². The molecule has 0 aliphatic carbocycles. The standard InChI is InChI=1S/C18H21NO/c1-14-6-8-15(9-7-14)12-19-13-16-10-11-20-18-5-3-2-4-17(16)18/h2-9,16,19H,10-13H2,1H3. The molecule has 0 saturated carbocycles. The maximum atomic E-state index is 5.70. The van der Waals surface area contributed by atoms with Crippen LogP contribution in [0.4, 0.5) is 0 Å². The second kappa shape index (κ2) is 6.10. The first kappa shape index (κ1) is 13.2. The van der Waals surface area contributed by atoms with E-state index in [1.54, 1.807) is 0 Å². The maximum absolute atomic E-state index is 5.70. The third kappa shape index (κ3) is 3.02. The molecule has 0 fully saturated rings. The Bertz CT molecular complexity index is 562. The van der Waals surface area contributed by atoms with Gasteiger partial charge in [0.2, 0.25) is 0 Å². The van der Waals surface area contributed by atoms with Crippen molar-refractivity contribution in [3.63, 3.8) is 0 Å². The Morgan fingerprint density at radius 3 is 2.75 bits per heavy atom. The summed E-state index contributed by atoms with van der Waals surface area (Å²) in [6, 6.07) is 17.1. The fraction of sp³-hybridized carbons (Fsp3) is 0.333. The number of nitrogens with one attached hydrogen (secondary N) is 1. The van der Waals surface area contributed by atoms with Gasteiger partial charge in [-0.1, -0.05) is 48.0 Å². The summed E-state index contributed by atoms with van der Waals surface area (Å²) in [5.74, 6) is 1.62. The lowest BCUT2D eigenvalue weighted by atomic mass is 9.93. The summed E-state index contributed by atoms with van der Waals surface area (Å²) < 4.78 is 5.70. The van der Waals surface area contributed by atoms with Crippen LogP contribution in [0.25, 0.3) is 0 Å². The van der Waals surface area contributed by atoms with E-state index in [4.69, 9.17) is 4.74 Å². The SMILES string of the molecule is Cc1ccc(CNCC2CCOc3ccccc32)cc1. The summed E-state index contributed by atoms with van der Waals surface area (Å²) in [5.41, 5.74) is 4.00. The number of aryl methyl sites for hydroxylation is 1. The number of ether oxygens (including phenoxy) is 1. The molecule has 0 aromatic heterocycles. The van der Waals surface area contributed by atoms with Crippen LogP contribution in [0.3, 0.4) is 0 Å². The van der Waals surface area contributed by atoms with Crippen molar-refractivity contribution in [3.05, 3.63) is 65.2 Å². The van der Waals surface area contributed by atoms with Gasteiger partial charge in [-0.2, -0.15) is 0 Å². The number of fused-ring (bicyclic) bond motifs is 1. The molecule has 104 valence electrons. The zero-order chi connectivity index (χ0) is 13.8. The Morgan fingerprint density at radius 1 is 1.10 bits per heavy atom. The molecular weight excluding hydrogens is 246 g/mol. The summed E-state index contributed by atoms with van der Waals surface area (Å²) in [5, 5.41) is 3.58. The Balaban J connectivity index is 1.58. The molecule has 1 aliphatic heterocycles. The number of hydrogen-bond acceptors (Lipinski definition) is 2. The molecule has 1 N–H and O–H groups in total. The van der Waals surface area contributed by atoms with Crippen LogP contribution in [0, 0.1) is 6.92 Å². The molecule has 2 nitrogen and oxygen atoms in total. The predicted octanol–water partition coefficient (Wildman–Crippen LogP) is 3.65. The van der Waals surface area contributed by atoms with Crippen molar-refractivity contribution < 1.29 is 4.74 Å². The zero-order valence-electron chi connectivity index (χ0n) is 11.9. The molecule has 3 rings (SSSR count). The first-order valence-electron chi connectivity index (χ1n) is 7.31. The highest BCUT2D eigenvalue weighted by atomic mass is 16.5. The molecule has 2 heteroatoms. The van der Waals surface area contributed by atoms with Crippen molar-refractivity contribution in [1.82, 2.24) is 5.32 Å². The Hall–Kier alpha value is -1.80. The molecular formula is C18H21NO. The number of rotatable bonds is 4. The van der Waals surface area contributed by atoms with Crippen LogP contribution in [0.5, 0.6) is 5.75 Å². The third-order valence-corrected chi connectivity index (χ3v) is 3.92. The maximum Gasteiger partial charge on any atom is 0.122 e. The van der Waals surface area contributed by atoms with E-state index in [1.807, 2.05) is 6.07 Å². The van der Waals surface area contributed by atoms with Crippen molar-refractivity contribution in [1.29, 1.82) is 0 Å². The Kier molecular flexibility index (Phi) is 4.03. The van der Waals surface area contributed by atoms with E-state index in [2.05, 4.69) is 54.7 Å². The number of para-hydroxylation sites is 1. The molecule has 1 atom stereocenters. The first-order chi connectivity index (χ1) is 9.83. The highest BCUT2D eigenvalue weighted by Crippen LogP contribution is 2.32. The Morgan fingerprint density at radius 2 is 1.90 bits per heavy atom. The van der Waals surface area contributed by atoms with E-state index >= 15 is 0 Å². The van der Waals surface area contributed by atoms with Crippen molar-refractivity contribution >= 4 is 0 Å². The predicted molar refractivity (Wildman–Crippen MR) is 82.2 cm³/mol. The van der Waals surface area contributed by atoms with Crippen LogP contribution in [-0.2, 0) is 6.54 Å².